The first-order chi connectivity index (χ1) is 6.81. The topological polar surface area (TPSA) is 42.4 Å². The van der Waals surface area contributed by atoms with Gasteiger partial charge in [0.05, 0.1) is 0 Å². The van der Waals surface area contributed by atoms with E-state index in [0.29, 0.717) is 6.54 Å². The number of halogens is 1. The minimum Gasteiger partial charge on any atom is -0.444 e. The van der Waals surface area contributed by atoms with E-state index in [4.69, 9.17) is 21.8 Å². The van der Waals surface area contributed by atoms with Gasteiger partial charge >= 0.3 is 0 Å². The molecule has 0 spiro atoms. The maximum absolute atomic E-state index is 6.08. The second-order valence-corrected chi connectivity index (χ2v) is 4.01. The van der Waals surface area contributed by atoms with Gasteiger partial charge in [-0.15, -0.1) is 0 Å². The molecule has 2 rings (SSSR count). The second kappa shape index (κ2) is 4.24. The van der Waals surface area contributed by atoms with E-state index in [9.17, 15) is 0 Å². The number of nitrogens with two attached hydrogens (primary N) is 1. The number of anilines is 1. The molecule has 0 saturated carbocycles. The number of furan rings is 1. The molecule has 14 heavy (non-hydrogen) atoms. The molecule has 1 aliphatic rings. The zero-order valence-corrected chi connectivity index (χ0v) is 8.89. The minimum absolute atomic E-state index is 0.600. The number of rotatable bonds is 3. The predicted octanol–water partition coefficient (Wildman–Crippen LogP) is 2.03. The average molecular weight is 215 g/mol. The van der Waals surface area contributed by atoms with Crippen molar-refractivity contribution in [1.82, 2.24) is 0 Å². The van der Waals surface area contributed by atoms with E-state index in [2.05, 4.69) is 4.90 Å². The molecule has 1 aromatic rings. The molecule has 0 atom stereocenters. The van der Waals surface area contributed by atoms with Gasteiger partial charge in [-0.3, -0.25) is 0 Å². The molecular weight excluding hydrogens is 200 g/mol. The van der Waals surface area contributed by atoms with Crippen LogP contribution in [0.1, 0.15) is 18.6 Å². The molecule has 1 aliphatic heterocycles. The van der Waals surface area contributed by atoms with Crippen LogP contribution < -0.4 is 10.6 Å². The second-order valence-electron chi connectivity index (χ2n) is 3.60. The van der Waals surface area contributed by atoms with Crippen molar-refractivity contribution < 1.29 is 4.42 Å². The molecule has 1 aromatic heterocycles. The summed E-state index contributed by atoms with van der Waals surface area (Å²) in [6.45, 7) is 2.70. The number of nitrogens with zero attached hydrogens (tertiary/aromatic N) is 1. The van der Waals surface area contributed by atoms with Crippen molar-refractivity contribution in [3.8, 4) is 0 Å². The van der Waals surface area contributed by atoms with Crippen molar-refractivity contribution in [3.63, 3.8) is 0 Å². The Bertz CT molecular complexity index is 305. The Morgan fingerprint density at radius 1 is 1.43 bits per heavy atom. The van der Waals surface area contributed by atoms with Gasteiger partial charge in [0.2, 0.25) is 5.88 Å². The first kappa shape index (κ1) is 9.87. The van der Waals surface area contributed by atoms with Gasteiger partial charge in [0.1, 0.15) is 10.8 Å². The van der Waals surface area contributed by atoms with Crippen LogP contribution in [0.5, 0.6) is 0 Å². The van der Waals surface area contributed by atoms with Gasteiger partial charge in [-0.05, 0) is 19.4 Å². The van der Waals surface area contributed by atoms with Gasteiger partial charge in [-0.2, -0.15) is 0 Å². The third-order valence-corrected chi connectivity index (χ3v) is 2.77. The summed E-state index contributed by atoms with van der Waals surface area (Å²) in [6, 6.07) is 1.88. The molecule has 78 valence electrons. The van der Waals surface area contributed by atoms with Crippen molar-refractivity contribution in [2.24, 2.45) is 5.73 Å². The van der Waals surface area contributed by atoms with E-state index in [-0.39, 0.29) is 0 Å². The summed E-state index contributed by atoms with van der Waals surface area (Å²) in [4.78, 5) is 2.20. The van der Waals surface area contributed by atoms with Gasteiger partial charge in [-0.25, -0.2) is 0 Å². The zero-order valence-electron chi connectivity index (χ0n) is 8.13. The summed E-state index contributed by atoms with van der Waals surface area (Å²) < 4.78 is 5.65. The standard InChI is InChI=1S/C10H15ClN2O/c11-9-7-8(3-4-12)14-10(9)13-5-1-2-6-13/h7H,1-6,12H2. The normalized spacial score (nSPS) is 16.6. The van der Waals surface area contributed by atoms with Crippen molar-refractivity contribution >= 4 is 17.5 Å². The van der Waals surface area contributed by atoms with E-state index < -0.39 is 0 Å². The Labute approximate surface area is 88.8 Å². The van der Waals surface area contributed by atoms with Crippen LogP contribution in [0.15, 0.2) is 10.5 Å². The number of hydrogen-bond donors (Lipinski definition) is 1. The van der Waals surface area contributed by atoms with E-state index in [1.54, 1.807) is 0 Å². The Morgan fingerprint density at radius 3 is 2.79 bits per heavy atom. The fourth-order valence-electron chi connectivity index (χ4n) is 1.81. The van der Waals surface area contributed by atoms with Gasteiger partial charge in [0.15, 0.2) is 0 Å². The highest BCUT2D eigenvalue weighted by molar-refractivity contribution is 6.33. The number of hydrogen-bond acceptors (Lipinski definition) is 3. The van der Waals surface area contributed by atoms with E-state index >= 15 is 0 Å². The van der Waals surface area contributed by atoms with Crippen LogP contribution in [0.2, 0.25) is 5.02 Å². The van der Waals surface area contributed by atoms with Crippen LogP contribution in [0.4, 0.5) is 5.88 Å². The van der Waals surface area contributed by atoms with Crippen LogP contribution in [0.3, 0.4) is 0 Å². The Hall–Kier alpha value is -0.670. The Morgan fingerprint density at radius 2 is 2.14 bits per heavy atom. The molecule has 2 heterocycles. The Kier molecular flexibility index (Phi) is 2.99. The van der Waals surface area contributed by atoms with Crippen molar-refractivity contribution in [1.29, 1.82) is 0 Å². The highest BCUT2D eigenvalue weighted by Crippen LogP contribution is 2.32. The summed E-state index contributed by atoms with van der Waals surface area (Å²) in [5, 5.41) is 0.718. The molecule has 1 fully saturated rings. The lowest BCUT2D eigenvalue weighted by molar-refractivity contribution is 0.506. The third kappa shape index (κ3) is 1.88. The van der Waals surface area contributed by atoms with Crippen LogP contribution in [0, 0.1) is 0 Å². The molecule has 0 unspecified atom stereocenters. The third-order valence-electron chi connectivity index (χ3n) is 2.50. The largest absolute Gasteiger partial charge is 0.444 e. The van der Waals surface area contributed by atoms with E-state index in [1.807, 2.05) is 6.07 Å². The van der Waals surface area contributed by atoms with Crippen molar-refractivity contribution in [2.75, 3.05) is 24.5 Å². The van der Waals surface area contributed by atoms with Crippen molar-refractivity contribution in [2.45, 2.75) is 19.3 Å². The molecule has 0 bridgehead atoms. The minimum atomic E-state index is 0.600. The molecule has 3 nitrogen and oxygen atoms in total. The predicted molar refractivity (Wildman–Crippen MR) is 57.9 cm³/mol. The summed E-state index contributed by atoms with van der Waals surface area (Å²) in [5.41, 5.74) is 5.46. The molecule has 2 N–H and O–H groups in total. The smallest absolute Gasteiger partial charge is 0.214 e. The fraction of sp³-hybridized carbons (Fsp3) is 0.600. The highest BCUT2D eigenvalue weighted by atomic mass is 35.5. The average Bonchev–Trinajstić information content (AvgIpc) is 2.74. The summed E-state index contributed by atoms with van der Waals surface area (Å²) in [7, 11) is 0. The maximum Gasteiger partial charge on any atom is 0.214 e. The van der Waals surface area contributed by atoms with Gasteiger partial charge in [0, 0.05) is 25.6 Å². The van der Waals surface area contributed by atoms with Gasteiger partial charge in [0.25, 0.3) is 0 Å². The fourth-order valence-corrected chi connectivity index (χ4v) is 2.09. The molecule has 1 saturated heterocycles. The summed E-state index contributed by atoms with van der Waals surface area (Å²) >= 11 is 6.08. The summed E-state index contributed by atoms with van der Waals surface area (Å²) in [5.74, 6) is 1.71. The SMILES string of the molecule is NCCc1cc(Cl)c(N2CCCC2)o1. The molecule has 0 radical (unpaired) electrons. The van der Waals surface area contributed by atoms with Crippen LogP contribution in [-0.4, -0.2) is 19.6 Å². The van der Waals surface area contributed by atoms with Gasteiger partial charge in [-0.1, -0.05) is 11.6 Å². The summed E-state index contributed by atoms with van der Waals surface area (Å²) in [6.07, 6.45) is 3.21. The lowest BCUT2D eigenvalue weighted by Crippen LogP contribution is -2.17. The molecule has 0 aliphatic carbocycles. The van der Waals surface area contributed by atoms with E-state index in [1.165, 1.54) is 12.8 Å². The lowest BCUT2D eigenvalue weighted by Gasteiger charge is -2.13. The molecule has 0 amide bonds. The molecule has 0 aromatic carbocycles. The van der Waals surface area contributed by atoms with Crippen molar-refractivity contribution in [3.05, 3.63) is 16.8 Å². The maximum atomic E-state index is 6.08. The van der Waals surface area contributed by atoms with Crippen LogP contribution in [-0.2, 0) is 6.42 Å². The Balaban J connectivity index is 2.15. The monoisotopic (exact) mass is 214 g/mol. The molecular formula is C10H15ClN2O. The highest BCUT2D eigenvalue weighted by Gasteiger charge is 2.19. The van der Waals surface area contributed by atoms with Crippen LogP contribution >= 0.6 is 11.6 Å². The van der Waals surface area contributed by atoms with E-state index in [0.717, 1.165) is 36.2 Å². The quantitative estimate of drug-likeness (QED) is 0.838. The molecule has 4 heteroatoms. The van der Waals surface area contributed by atoms with Gasteiger partial charge < -0.3 is 15.1 Å². The van der Waals surface area contributed by atoms with Crippen LogP contribution in [0.25, 0.3) is 0 Å². The zero-order chi connectivity index (χ0) is 9.97. The lowest BCUT2D eigenvalue weighted by atomic mass is 10.3. The first-order valence-corrected chi connectivity index (χ1v) is 5.42. The first-order valence-electron chi connectivity index (χ1n) is 5.04.